The summed E-state index contributed by atoms with van der Waals surface area (Å²) in [6.45, 7) is 1.89. The molecule has 5 nitrogen and oxygen atoms in total. The van der Waals surface area contributed by atoms with E-state index in [0.29, 0.717) is 17.0 Å². The molecule has 2 aromatic rings. The number of Topliss-reactive ketones (excluding diaryl/α,β-unsaturated/α-hetero) is 1. The van der Waals surface area contributed by atoms with Gasteiger partial charge in [0.15, 0.2) is 12.4 Å². The number of thiophene rings is 1. The van der Waals surface area contributed by atoms with Gasteiger partial charge in [-0.25, -0.2) is 4.79 Å². The topological polar surface area (TPSA) is 72.5 Å². The summed E-state index contributed by atoms with van der Waals surface area (Å²) in [6.07, 6.45) is 4.87. The summed E-state index contributed by atoms with van der Waals surface area (Å²) >= 11 is 1.48. The molecule has 0 spiro atoms. The fourth-order valence-corrected chi connectivity index (χ4v) is 4.28. The van der Waals surface area contributed by atoms with E-state index in [4.69, 9.17) is 4.74 Å². The van der Waals surface area contributed by atoms with Gasteiger partial charge in [0.2, 0.25) is 5.91 Å². The molecule has 0 saturated heterocycles. The molecular weight excluding hydrogens is 362 g/mol. The number of nitrogens with one attached hydrogen (secondary N) is 1. The molecule has 1 heterocycles. The minimum Gasteiger partial charge on any atom is -0.453 e. The van der Waals surface area contributed by atoms with Crippen LogP contribution in [0.25, 0.3) is 0 Å². The third kappa shape index (κ3) is 5.26. The van der Waals surface area contributed by atoms with Crippen molar-refractivity contribution in [1.29, 1.82) is 0 Å². The molecule has 1 aliphatic rings. The van der Waals surface area contributed by atoms with Crippen LogP contribution >= 0.6 is 11.3 Å². The van der Waals surface area contributed by atoms with Crippen molar-refractivity contribution in [3.63, 3.8) is 0 Å². The molecule has 0 atom stereocenters. The molecular formula is C21H23NO4S. The van der Waals surface area contributed by atoms with E-state index >= 15 is 0 Å². The van der Waals surface area contributed by atoms with E-state index in [-0.39, 0.29) is 18.3 Å². The number of rotatable bonds is 8. The average Bonchev–Trinajstić information content (AvgIpc) is 3.25. The maximum absolute atomic E-state index is 12.2. The van der Waals surface area contributed by atoms with Crippen molar-refractivity contribution < 1.29 is 19.1 Å². The van der Waals surface area contributed by atoms with Crippen molar-refractivity contribution in [2.75, 3.05) is 13.2 Å². The molecule has 6 heteroatoms. The Bertz CT molecular complexity index is 817. The van der Waals surface area contributed by atoms with Crippen molar-refractivity contribution in [1.82, 2.24) is 5.32 Å². The summed E-state index contributed by atoms with van der Waals surface area (Å²) < 4.78 is 5.20. The zero-order valence-corrected chi connectivity index (χ0v) is 16.2. The predicted molar refractivity (Wildman–Crippen MR) is 104 cm³/mol. The van der Waals surface area contributed by atoms with Crippen molar-refractivity contribution in [2.45, 2.75) is 39.0 Å². The fraction of sp³-hybridized carbons (Fsp3) is 0.381. The number of esters is 1. The van der Waals surface area contributed by atoms with Crippen LogP contribution in [0.15, 0.2) is 30.3 Å². The van der Waals surface area contributed by atoms with Gasteiger partial charge in [0, 0.05) is 23.9 Å². The van der Waals surface area contributed by atoms with Gasteiger partial charge in [-0.15, -0.1) is 11.3 Å². The number of carbonyl (C=O) groups is 3. The van der Waals surface area contributed by atoms with E-state index in [1.54, 1.807) is 12.1 Å². The predicted octanol–water partition coefficient (Wildman–Crippen LogP) is 3.35. The summed E-state index contributed by atoms with van der Waals surface area (Å²) in [5, 5.41) is 2.76. The van der Waals surface area contributed by atoms with E-state index in [2.05, 4.69) is 5.32 Å². The average molecular weight is 385 g/mol. The quantitative estimate of drug-likeness (QED) is 0.430. The molecule has 0 unspecified atom stereocenters. The van der Waals surface area contributed by atoms with Crippen LogP contribution in [-0.2, 0) is 28.8 Å². The number of carbonyl (C=O) groups excluding carboxylic acids is 3. The smallest absolute Gasteiger partial charge is 0.348 e. The standard InChI is InChI=1S/C21H23NO4S/c1-14(23)22-11-3-4-15-7-9-16(10-8-15)18(24)13-26-21(25)20-12-17-5-2-6-19(17)27-20/h7-10,12H,2-6,11,13H2,1H3,(H,22,23). The first-order valence-electron chi connectivity index (χ1n) is 9.18. The van der Waals surface area contributed by atoms with Crippen LogP contribution in [0.1, 0.15) is 55.8 Å². The molecule has 0 fully saturated rings. The monoisotopic (exact) mass is 385 g/mol. The summed E-state index contributed by atoms with van der Waals surface area (Å²) in [4.78, 5) is 37.1. The lowest BCUT2D eigenvalue weighted by molar-refractivity contribution is -0.118. The third-order valence-corrected chi connectivity index (χ3v) is 5.79. The summed E-state index contributed by atoms with van der Waals surface area (Å²) in [5.41, 5.74) is 2.87. The molecule has 3 rings (SSSR count). The van der Waals surface area contributed by atoms with Gasteiger partial charge in [-0.1, -0.05) is 24.3 Å². The van der Waals surface area contributed by atoms with Gasteiger partial charge in [-0.2, -0.15) is 0 Å². The minimum atomic E-state index is -0.419. The molecule has 27 heavy (non-hydrogen) atoms. The highest BCUT2D eigenvalue weighted by molar-refractivity contribution is 7.14. The molecule has 142 valence electrons. The zero-order chi connectivity index (χ0) is 19.2. The number of aryl methyl sites for hydroxylation is 3. The Morgan fingerprint density at radius 2 is 1.93 bits per heavy atom. The molecule has 0 saturated carbocycles. The highest BCUT2D eigenvalue weighted by Crippen LogP contribution is 2.30. The van der Waals surface area contributed by atoms with Gasteiger partial charge < -0.3 is 10.1 Å². The van der Waals surface area contributed by atoms with Crippen molar-refractivity contribution in [3.8, 4) is 0 Å². The van der Waals surface area contributed by atoms with E-state index in [1.165, 1.54) is 28.7 Å². The molecule has 0 aliphatic heterocycles. The molecule has 0 bridgehead atoms. The Morgan fingerprint density at radius 3 is 2.63 bits per heavy atom. The summed E-state index contributed by atoms with van der Waals surface area (Å²) in [5.74, 6) is -0.660. The molecule has 1 N–H and O–H groups in total. The van der Waals surface area contributed by atoms with Crippen molar-refractivity contribution in [2.24, 2.45) is 0 Å². The maximum Gasteiger partial charge on any atom is 0.348 e. The van der Waals surface area contributed by atoms with Crippen molar-refractivity contribution >= 4 is 29.0 Å². The Kier molecular flexibility index (Phi) is 6.40. The van der Waals surface area contributed by atoms with E-state index in [9.17, 15) is 14.4 Å². The van der Waals surface area contributed by atoms with Gasteiger partial charge in [0.05, 0.1) is 0 Å². The molecule has 1 aliphatic carbocycles. The number of hydrogen-bond acceptors (Lipinski definition) is 5. The normalized spacial score (nSPS) is 12.5. The second kappa shape index (κ2) is 8.95. The van der Waals surface area contributed by atoms with Crippen LogP contribution in [0.2, 0.25) is 0 Å². The van der Waals surface area contributed by atoms with Crippen LogP contribution in [-0.4, -0.2) is 30.8 Å². The van der Waals surface area contributed by atoms with Crippen LogP contribution in [0.5, 0.6) is 0 Å². The van der Waals surface area contributed by atoms with Gasteiger partial charge >= 0.3 is 5.97 Å². The zero-order valence-electron chi connectivity index (χ0n) is 15.4. The summed E-state index contributed by atoms with van der Waals surface area (Å²) in [6, 6.07) is 9.20. The number of ketones is 1. The molecule has 1 amide bonds. The first kappa shape index (κ1) is 19.3. The largest absolute Gasteiger partial charge is 0.453 e. The lowest BCUT2D eigenvalue weighted by Gasteiger charge is -2.06. The van der Waals surface area contributed by atoms with Gasteiger partial charge in [-0.3, -0.25) is 9.59 Å². The fourth-order valence-electron chi connectivity index (χ4n) is 3.13. The Hall–Kier alpha value is -2.47. The van der Waals surface area contributed by atoms with Gasteiger partial charge in [-0.05, 0) is 49.3 Å². The highest BCUT2D eigenvalue weighted by Gasteiger charge is 2.20. The molecule has 1 aromatic carbocycles. The van der Waals surface area contributed by atoms with E-state index in [1.807, 2.05) is 18.2 Å². The second-order valence-electron chi connectivity index (χ2n) is 6.70. The number of hydrogen-bond donors (Lipinski definition) is 1. The third-order valence-electron chi connectivity index (χ3n) is 4.57. The van der Waals surface area contributed by atoms with Gasteiger partial charge in [0.1, 0.15) is 4.88 Å². The first-order valence-corrected chi connectivity index (χ1v) is 10.00. The van der Waals surface area contributed by atoms with Crippen LogP contribution < -0.4 is 5.32 Å². The lowest BCUT2D eigenvalue weighted by Crippen LogP contribution is -2.21. The Balaban J connectivity index is 1.46. The summed E-state index contributed by atoms with van der Waals surface area (Å²) in [7, 11) is 0. The molecule has 1 aromatic heterocycles. The van der Waals surface area contributed by atoms with E-state index in [0.717, 1.165) is 37.7 Å². The van der Waals surface area contributed by atoms with Crippen LogP contribution in [0.3, 0.4) is 0 Å². The Morgan fingerprint density at radius 1 is 1.15 bits per heavy atom. The Labute approximate surface area is 162 Å². The van der Waals surface area contributed by atoms with Crippen LogP contribution in [0, 0.1) is 0 Å². The minimum absolute atomic E-state index is 0.0300. The number of ether oxygens (including phenoxy) is 1. The number of fused-ring (bicyclic) bond motifs is 1. The maximum atomic E-state index is 12.2. The first-order chi connectivity index (χ1) is 13.0. The van der Waals surface area contributed by atoms with Crippen LogP contribution in [0.4, 0.5) is 0 Å². The highest BCUT2D eigenvalue weighted by atomic mass is 32.1. The number of benzene rings is 1. The van der Waals surface area contributed by atoms with Gasteiger partial charge in [0.25, 0.3) is 0 Å². The second-order valence-corrected chi connectivity index (χ2v) is 7.83. The van der Waals surface area contributed by atoms with Crippen molar-refractivity contribution in [3.05, 3.63) is 56.8 Å². The lowest BCUT2D eigenvalue weighted by atomic mass is 10.1. The van der Waals surface area contributed by atoms with E-state index < -0.39 is 5.97 Å². The molecule has 0 radical (unpaired) electrons. The number of amides is 1. The SMILES string of the molecule is CC(=O)NCCCc1ccc(C(=O)COC(=O)c2cc3c(s2)CCC3)cc1.